The van der Waals surface area contributed by atoms with Gasteiger partial charge in [-0.2, -0.15) is 0 Å². The maximum absolute atomic E-state index is 5.02. The largest absolute Gasteiger partial charge is 0.354 e. The average Bonchev–Trinajstić information content (AvgIpc) is 3.72. The van der Waals surface area contributed by atoms with Crippen LogP contribution in [-0.2, 0) is 0 Å². The Kier molecular flexibility index (Phi) is 6.42. The SMILES string of the molecule is c1ccc(-c2ccc(-c3nc(-c4ccccc4)nc(-c4ccc(-n5c6ccccc6c6cc7c(cc65)[nH]c5ccccc57)cc4)n3)cc2)cc1. The molecule has 0 unspecified atom stereocenters. The predicted octanol–water partition coefficient (Wildman–Crippen LogP) is 11.3. The molecule has 3 aromatic heterocycles. The van der Waals surface area contributed by atoms with Gasteiger partial charge in [-0.3, -0.25) is 0 Å². The van der Waals surface area contributed by atoms with Crippen LogP contribution in [0.4, 0.5) is 0 Å². The van der Waals surface area contributed by atoms with E-state index in [1.165, 1.54) is 32.6 Å². The van der Waals surface area contributed by atoms with Crippen LogP contribution >= 0.6 is 0 Å². The first kappa shape index (κ1) is 28.2. The van der Waals surface area contributed by atoms with Crippen LogP contribution in [0.5, 0.6) is 0 Å². The summed E-state index contributed by atoms with van der Waals surface area (Å²) in [5, 5.41) is 4.94. The summed E-state index contributed by atoms with van der Waals surface area (Å²) in [5.41, 5.74) is 10.8. The van der Waals surface area contributed by atoms with Crippen molar-refractivity contribution < 1.29 is 0 Å². The minimum absolute atomic E-state index is 0.634. The third-order valence-corrected chi connectivity index (χ3v) is 9.60. The Morgan fingerprint density at radius 1 is 0.340 bits per heavy atom. The summed E-state index contributed by atoms with van der Waals surface area (Å²) in [6.07, 6.45) is 0. The smallest absolute Gasteiger partial charge is 0.164 e. The summed E-state index contributed by atoms with van der Waals surface area (Å²) in [4.78, 5) is 18.6. The molecule has 10 rings (SSSR count). The lowest BCUT2D eigenvalue weighted by Crippen LogP contribution is -2.00. The topological polar surface area (TPSA) is 59.4 Å². The van der Waals surface area contributed by atoms with Gasteiger partial charge in [0.05, 0.1) is 11.0 Å². The quantitative estimate of drug-likeness (QED) is 0.204. The number of aromatic nitrogens is 5. The van der Waals surface area contributed by atoms with Crippen molar-refractivity contribution in [2.75, 3.05) is 0 Å². The Bertz CT molecular complexity index is 2830. The first-order valence-electron chi connectivity index (χ1n) is 16.8. The first-order valence-corrected chi connectivity index (χ1v) is 16.8. The third-order valence-electron chi connectivity index (χ3n) is 9.60. The van der Waals surface area contributed by atoms with Gasteiger partial charge in [-0.25, -0.2) is 15.0 Å². The molecule has 5 nitrogen and oxygen atoms in total. The van der Waals surface area contributed by atoms with Crippen molar-refractivity contribution in [3.8, 4) is 51.0 Å². The molecule has 0 aliphatic rings. The van der Waals surface area contributed by atoms with E-state index in [0.717, 1.165) is 44.5 Å². The van der Waals surface area contributed by atoms with E-state index in [1.54, 1.807) is 0 Å². The highest BCUT2D eigenvalue weighted by Crippen LogP contribution is 2.37. The van der Waals surface area contributed by atoms with Gasteiger partial charge in [0, 0.05) is 55.0 Å². The molecule has 0 saturated carbocycles. The van der Waals surface area contributed by atoms with Crippen LogP contribution in [0.15, 0.2) is 170 Å². The summed E-state index contributed by atoms with van der Waals surface area (Å²) >= 11 is 0. The van der Waals surface area contributed by atoms with Crippen LogP contribution in [0, 0.1) is 0 Å². The number of benzene rings is 7. The van der Waals surface area contributed by atoms with Crippen molar-refractivity contribution >= 4 is 43.6 Å². The summed E-state index contributed by atoms with van der Waals surface area (Å²) in [5.74, 6) is 1.92. The van der Waals surface area contributed by atoms with Crippen LogP contribution < -0.4 is 0 Å². The third kappa shape index (κ3) is 4.67. The van der Waals surface area contributed by atoms with E-state index in [-0.39, 0.29) is 0 Å². The summed E-state index contributed by atoms with van der Waals surface area (Å²) in [6, 6.07) is 59.2. The maximum atomic E-state index is 5.02. The fraction of sp³-hybridized carbons (Fsp3) is 0. The highest BCUT2D eigenvalue weighted by atomic mass is 15.0. The van der Waals surface area contributed by atoms with Gasteiger partial charge in [-0.15, -0.1) is 0 Å². The zero-order valence-electron chi connectivity index (χ0n) is 27.0. The average molecular weight is 640 g/mol. The van der Waals surface area contributed by atoms with Gasteiger partial charge in [-0.1, -0.05) is 121 Å². The number of hydrogen-bond acceptors (Lipinski definition) is 3. The van der Waals surface area contributed by atoms with Crippen LogP contribution in [0.3, 0.4) is 0 Å². The molecular weight excluding hydrogens is 611 g/mol. The minimum atomic E-state index is 0.634. The van der Waals surface area contributed by atoms with Crippen LogP contribution in [0.25, 0.3) is 94.6 Å². The molecule has 0 saturated heterocycles. The normalized spacial score (nSPS) is 11.6. The van der Waals surface area contributed by atoms with E-state index in [9.17, 15) is 0 Å². The van der Waals surface area contributed by atoms with Crippen molar-refractivity contribution in [1.29, 1.82) is 0 Å². The Morgan fingerprint density at radius 3 is 1.52 bits per heavy atom. The van der Waals surface area contributed by atoms with E-state index < -0.39 is 0 Å². The van der Waals surface area contributed by atoms with Crippen molar-refractivity contribution in [3.05, 3.63) is 170 Å². The first-order chi connectivity index (χ1) is 24.8. The zero-order valence-corrected chi connectivity index (χ0v) is 27.0. The van der Waals surface area contributed by atoms with Crippen LogP contribution in [-0.4, -0.2) is 24.5 Å². The van der Waals surface area contributed by atoms with Gasteiger partial charge >= 0.3 is 0 Å². The van der Waals surface area contributed by atoms with Gasteiger partial charge in [0.25, 0.3) is 0 Å². The molecule has 0 aliphatic heterocycles. The van der Waals surface area contributed by atoms with Crippen molar-refractivity contribution in [2.24, 2.45) is 0 Å². The number of hydrogen-bond donors (Lipinski definition) is 1. The second-order valence-corrected chi connectivity index (χ2v) is 12.6. The molecule has 0 radical (unpaired) electrons. The molecule has 0 atom stereocenters. The van der Waals surface area contributed by atoms with Gasteiger partial charge < -0.3 is 9.55 Å². The molecule has 0 spiro atoms. The lowest BCUT2D eigenvalue weighted by atomic mass is 10.0. The molecule has 0 fully saturated rings. The molecule has 0 amide bonds. The van der Waals surface area contributed by atoms with Crippen molar-refractivity contribution in [1.82, 2.24) is 24.5 Å². The fourth-order valence-corrected chi connectivity index (χ4v) is 7.14. The molecule has 50 heavy (non-hydrogen) atoms. The number of nitrogens with one attached hydrogen (secondary N) is 1. The standard InChI is InChI=1S/C45H29N5/c1-3-11-29(12-4-1)30-19-21-32(22-20-30)44-47-43(31-13-5-2-6-14-31)48-45(49-44)33-23-25-34(26-24-33)50-41-18-10-8-16-36(41)38-27-37-35-15-7-9-17-39(35)46-40(37)28-42(38)50/h1-28,46H. The number of fused-ring (bicyclic) bond motifs is 6. The highest BCUT2D eigenvalue weighted by Gasteiger charge is 2.17. The van der Waals surface area contributed by atoms with Gasteiger partial charge in [-0.05, 0) is 59.7 Å². The molecule has 7 aromatic carbocycles. The summed E-state index contributed by atoms with van der Waals surface area (Å²) < 4.78 is 2.35. The Balaban J connectivity index is 1.09. The molecule has 1 N–H and O–H groups in total. The highest BCUT2D eigenvalue weighted by molar-refractivity contribution is 6.18. The zero-order chi connectivity index (χ0) is 33.0. The van der Waals surface area contributed by atoms with Crippen LogP contribution in [0.1, 0.15) is 0 Å². The number of rotatable bonds is 5. The lowest BCUT2D eigenvalue weighted by molar-refractivity contribution is 1.07. The number of H-pyrrole nitrogens is 1. The maximum Gasteiger partial charge on any atom is 0.164 e. The van der Waals surface area contributed by atoms with E-state index in [2.05, 4.69) is 143 Å². The summed E-state index contributed by atoms with van der Waals surface area (Å²) in [6.45, 7) is 0. The monoisotopic (exact) mass is 639 g/mol. The van der Waals surface area contributed by atoms with E-state index in [4.69, 9.17) is 15.0 Å². The van der Waals surface area contributed by atoms with E-state index in [1.807, 2.05) is 36.4 Å². The van der Waals surface area contributed by atoms with Crippen molar-refractivity contribution in [2.45, 2.75) is 0 Å². The predicted molar refractivity (Wildman–Crippen MR) is 205 cm³/mol. The molecule has 5 heteroatoms. The van der Waals surface area contributed by atoms with Gasteiger partial charge in [0.2, 0.25) is 0 Å². The minimum Gasteiger partial charge on any atom is -0.354 e. The lowest BCUT2D eigenvalue weighted by Gasteiger charge is -2.11. The molecule has 0 bridgehead atoms. The Labute approximate surface area is 288 Å². The molecule has 10 aromatic rings. The van der Waals surface area contributed by atoms with Crippen molar-refractivity contribution in [3.63, 3.8) is 0 Å². The molecule has 234 valence electrons. The van der Waals surface area contributed by atoms with Gasteiger partial charge in [0.1, 0.15) is 0 Å². The number of para-hydroxylation sites is 2. The second-order valence-electron chi connectivity index (χ2n) is 12.6. The van der Waals surface area contributed by atoms with E-state index >= 15 is 0 Å². The number of aromatic amines is 1. The van der Waals surface area contributed by atoms with Crippen LogP contribution in [0.2, 0.25) is 0 Å². The number of nitrogens with zero attached hydrogens (tertiary/aromatic N) is 4. The Morgan fingerprint density at radius 2 is 0.840 bits per heavy atom. The van der Waals surface area contributed by atoms with Gasteiger partial charge in [0.15, 0.2) is 17.5 Å². The fourth-order valence-electron chi connectivity index (χ4n) is 7.14. The summed E-state index contributed by atoms with van der Waals surface area (Å²) in [7, 11) is 0. The second kappa shape index (κ2) is 11.4. The van der Waals surface area contributed by atoms with E-state index in [0.29, 0.717) is 17.5 Å². The molecular formula is C45H29N5. The molecule has 3 heterocycles. The molecule has 0 aliphatic carbocycles. The Hall–Kier alpha value is -6.85.